The topological polar surface area (TPSA) is 9.23 Å². The Bertz CT molecular complexity index is 642. The molecule has 3 heteroatoms. The van der Waals surface area contributed by atoms with Crippen molar-refractivity contribution >= 4 is 23.8 Å². The summed E-state index contributed by atoms with van der Waals surface area (Å²) in [5, 5.41) is 0. The van der Waals surface area contributed by atoms with E-state index in [2.05, 4.69) is 36.9 Å². The monoisotopic (exact) mass is 311 g/mol. The Kier molecular flexibility index (Phi) is 4.53. The van der Waals surface area contributed by atoms with E-state index < -0.39 is 11.2 Å². The van der Waals surface area contributed by atoms with Crippen molar-refractivity contribution in [3.05, 3.63) is 84.9 Å². The van der Waals surface area contributed by atoms with Gasteiger partial charge >= 0.3 is 0 Å². The van der Waals surface area contributed by atoms with Crippen molar-refractivity contribution in [1.82, 2.24) is 0 Å². The summed E-state index contributed by atoms with van der Waals surface area (Å²) in [6.45, 7) is 0. The predicted molar refractivity (Wildman–Crippen MR) is 91.1 cm³/mol. The van der Waals surface area contributed by atoms with Gasteiger partial charge in [0, 0.05) is 4.90 Å². The normalized spacial score (nSPS) is 10.6. The van der Waals surface area contributed by atoms with Gasteiger partial charge in [-0.1, -0.05) is 36.4 Å². The zero-order valence-electron chi connectivity index (χ0n) is 11.3. The third kappa shape index (κ3) is 3.63. The Balaban J connectivity index is 1.95. The van der Waals surface area contributed by atoms with Crippen LogP contribution in [0.1, 0.15) is 0 Å². The van der Waals surface area contributed by atoms with Crippen LogP contribution in [0, 0.1) is 0 Å². The first-order valence-electron chi connectivity index (χ1n) is 6.65. The zero-order chi connectivity index (χ0) is 14.5. The van der Waals surface area contributed by atoms with Crippen molar-refractivity contribution in [3.63, 3.8) is 0 Å². The fourth-order valence-corrected chi connectivity index (χ4v) is 3.64. The number of hydrogen-bond acceptors (Lipinski definition) is 2. The molecule has 0 saturated heterocycles. The smallest absolute Gasteiger partial charge is 0.273 e. The largest absolute Gasteiger partial charge is 0.274 e. The van der Waals surface area contributed by atoms with E-state index in [4.69, 9.17) is 4.18 Å². The van der Waals surface area contributed by atoms with Gasteiger partial charge in [0.1, 0.15) is 0 Å². The molecular weight excluding hydrogens is 296 g/mol. The molecule has 0 amide bonds. The van der Waals surface area contributed by atoms with E-state index in [9.17, 15) is 0 Å². The highest BCUT2D eigenvalue weighted by molar-refractivity contribution is 7.92. The molecule has 3 aromatic carbocycles. The van der Waals surface area contributed by atoms with Crippen molar-refractivity contribution in [2.75, 3.05) is 0 Å². The van der Waals surface area contributed by atoms with E-state index >= 15 is 0 Å². The van der Waals surface area contributed by atoms with E-state index in [0.29, 0.717) is 0 Å². The summed E-state index contributed by atoms with van der Waals surface area (Å²) >= 11 is 3.88. The minimum absolute atomic E-state index is 0.434. The summed E-state index contributed by atoms with van der Waals surface area (Å²) in [5.74, 6) is 0.851. The van der Waals surface area contributed by atoms with Gasteiger partial charge < -0.3 is 0 Å². The fourth-order valence-electron chi connectivity index (χ4n) is 1.92. The summed E-state index contributed by atoms with van der Waals surface area (Å²) in [5.41, 5.74) is 0. The highest BCUT2D eigenvalue weighted by atomic mass is 32.2. The van der Waals surface area contributed by atoms with Gasteiger partial charge in [-0.15, -0.1) is 12.6 Å². The molecule has 0 aliphatic carbocycles. The summed E-state index contributed by atoms with van der Waals surface area (Å²) in [7, 11) is 0. The second-order valence-corrected chi connectivity index (χ2v) is 6.64. The molecule has 1 nitrogen and oxygen atoms in total. The van der Waals surface area contributed by atoms with Gasteiger partial charge in [-0.2, -0.15) is 0 Å². The lowest BCUT2D eigenvalue weighted by molar-refractivity contribution is 0.624. The van der Waals surface area contributed by atoms with Crippen molar-refractivity contribution in [1.29, 1.82) is 0 Å². The Morgan fingerprint density at radius 1 is 0.619 bits per heavy atom. The summed E-state index contributed by atoms with van der Waals surface area (Å²) in [4.78, 5) is 3.26. The molecule has 104 valence electrons. The fraction of sp³-hybridized carbons (Fsp3) is 0. The van der Waals surface area contributed by atoms with E-state index in [0.717, 1.165) is 10.6 Å². The first-order valence-corrected chi connectivity index (χ1v) is 8.24. The molecule has 0 unspecified atom stereocenters. The van der Waals surface area contributed by atoms with Crippen LogP contribution in [0.4, 0.5) is 0 Å². The first-order chi connectivity index (χ1) is 10.3. The molecule has 3 aromatic rings. The second-order valence-electron chi connectivity index (χ2n) is 4.47. The number of benzene rings is 3. The van der Waals surface area contributed by atoms with Gasteiger partial charge in [0.25, 0.3) is 11.2 Å². The lowest BCUT2D eigenvalue weighted by Gasteiger charge is -2.07. The SMILES string of the molecule is Sc1ccc(O[S+](c2ccccc2)c2ccccc2)cc1. The molecule has 0 atom stereocenters. The maximum Gasteiger partial charge on any atom is 0.273 e. The molecule has 0 radical (unpaired) electrons. The molecule has 0 heterocycles. The van der Waals surface area contributed by atoms with Gasteiger partial charge in [-0.05, 0) is 48.5 Å². The third-order valence-corrected chi connectivity index (χ3v) is 4.99. The Hall–Kier alpha value is -1.84. The van der Waals surface area contributed by atoms with Crippen LogP contribution in [-0.4, -0.2) is 0 Å². The highest BCUT2D eigenvalue weighted by Crippen LogP contribution is 2.27. The minimum atomic E-state index is -0.434. The van der Waals surface area contributed by atoms with E-state index in [1.165, 1.54) is 9.79 Å². The average Bonchev–Trinajstić information content (AvgIpc) is 2.56. The van der Waals surface area contributed by atoms with Gasteiger partial charge in [0.2, 0.25) is 9.79 Å². The second kappa shape index (κ2) is 6.74. The van der Waals surface area contributed by atoms with E-state index in [-0.39, 0.29) is 0 Å². The van der Waals surface area contributed by atoms with Crippen molar-refractivity contribution < 1.29 is 4.18 Å². The predicted octanol–water partition coefficient (Wildman–Crippen LogP) is 5.01. The summed E-state index contributed by atoms with van der Waals surface area (Å²) < 4.78 is 6.24. The van der Waals surface area contributed by atoms with Gasteiger partial charge in [-0.25, -0.2) is 0 Å². The summed E-state index contributed by atoms with van der Waals surface area (Å²) in [6, 6.07) is 28.4. The molecular formula is C18H15OS2+. The van der Waals surface area contributed by atoms with Crippen molar-refractivity contribution in [2.45, 2.75) is 14.7 Å². The van der Waals surface area contributed by atoms with Gasteiger partial charge in [0.05, 0.1) is 0 Å². The molecule has 0 fully saturated rings. The lowest BCUT2D eigenvalue weighted by atomic mass is 10.3. The molecule has 3 rings (SSSR count). The maximum absolute atomic E-state index is 6.24. The summed E-state index contributed by atoms with van der Waals surface area (Å²) in [6.07, 6.45) is 0. The Morgan fingerprint density at radius 3 is 1.57 bits per heavy atom. The van der Waals surface area contributed by atoms with Crippen LogP contribution in [0.5, 0.6) is 5.75 Å². The molecule has 0 aromatic heterocycles. The molecule has 0 spiro atoms. The van der Waals surface area contributed by atoms with Crippen LogP contribution in [0.2, 0.25) is 0 Å². The average molecular weight is 311 g/mol. The Morgan fingerprint density at radius 2 is 1.10 bits per heavy atom. The van der Waals surface area contributed by atoms with Crippen LogP contribution in [0.15, 0.2) is 99.6 Å². The van der Waals surface area contributed by atoms with Crippen LogP contribution >= 0.6 is 12.6 Å². The standard InChI is InChI=1S/C18H14OS2/c20-16-13-11-15(12-14-16)19-21(17-7-3-1-4-8-17)18-9-5-2-6-10-18/h1-14H/p+1. The number of thiol groups is 1. The molecule has 0 saturated carbocycles. The quantitative estimate of drug-likeness (QED) is 0.526. The van der Waals surface area contributed by atoms with Crippen LogP contribution < -0.4 is 4.18 Å². The molecule has 0 bridgehead atoms. The highest BCUT2D eigenvalue weighted by Gasteiger charge is 2.29. The van der Waals surface area contributed by atoms with Crippen LogP contribution in [0.3, 0.4) is 0 Å². The zero-order valence-corrected chi connectivity index (χ0v) is 13.1. The maximum atomic E-state index is 6.24. The number of hydrogen-bond donors (Lipinski definition) is 1. The third-order valence-electron chi connectivity index (χ3n) is 2.93. The molecule has 0 aliphatic heterocycles. The molecule has 21 heavy (non-hydrogen) atoms. The Labute approximate surface area is 133 Å². The van der Waals surface area contributed by atoms with E-state index in [1.807, 2.05) is 60.7 Å². The van der Waals surface area contributed by atoms with Gasteiger partial charge in [-0.3, -0.25) is 4.18 Å². The first kappa shape index (κ1) is 14.1. The van der Waals surface area contributed by atoms with Crippen molar-refractivity contribution in [2.24, 2.45) is 0 Å². The minimum Gasteiger partial charge on any atom is -0.274 e. The molecule has 0 N–H and O–H groups in total. The van der Waals surface area contributed by atoms with Gasteiger partial charge in [0.15, 0.2) is 5.75 Å². The van der Waals surface area contributed by atoms with E-state index in [1.54, 1.807) is 0 Å². The van der Waals surface area contributed by atoms with Crippen LogP contribution in [0.25, 0.3) is 0 Å². The lowest BCUT2D eigenvalue weighted by Crippen LogP contribution is -2.11. The molecule has 0 aliphatic rings. The number of rotatable bonds is 4. The van der Waals surface area contributed by atoms with Crippen molar-refractivity contribution in [3.8, 4) is 5.75 Å². The van der Waals surface area contributed by atoms with Crippen LogP contribution in [-0.2, 0) is 11.2 Å².